The summed E-state index contributed by atoms with van der Waals surface area (Å²) in [6.45, 7) is 0. The van der Waals surface area contributed by atoms with Gasteiger partial charge in [0.25, 0.3) is 0 Å². The SMILES string of the molecule is C(#C[C@H]1O[C@@H]1c1ccccc1)c1ccccc1. The number of hydrogen-bond acceptors (Lipinski definition) is 1. The van der Waals surface area contributed by atoms with Crippen molar-refractivity contribution in [1.29, 1.82) is 0 Å². The van der Waals surface area contributed by atoms with Gasteiger partial charge in [0.2, 0.25) is 0 Å². The van der Waals surface area contributed by atoms with E-state index in [2.05, 4.69) is 24.0 Å². The molecule has 2 aromatic carbocycles. The molecule has 0 unspecified atom stereocenters. The van der Waals surface area contributed by atoms with Gasteiger partial charge in [-0.15, -0.1) is 0 Å². The number of rotatable bonds is 1. The Bertz CT molecular complexity index is 548. The van der Waals surface area contributed by atoms with Crippen LogP contribution in [0.2, 0.25) is 0 Å². The molecule has 2 aromatic rings. The lowest BCUT2D eigenvalue weighted by molar-refractivity contribution is 0.397. The molecule has 0 aliphatic carbocycles. The van der Waals surface area contributed by atoms with Crippen molar-refractivity contribution in [1.82, 2.24) is 0 Å². The van der Waals surface area contributed by atoms with E-state index in [0.29, 0.717) is 0 Å². The normalized spacial score (nSPS) is 21.4. The predicted molar refractivity (Wildman–Crippen MR) is 67.4 cm³/mol. The van der Waals surface area contributed by atoms with Crippen molar-refractivity contribution < 1.29 is 4.74 Å². The van der Waals surface area contributed by atoms with Crippen LogP contribution in [0.5, 0.6) is 0 Å². The van der Waals surface area contributed by atoms with Crippen LogP contribution in [-0.4, -0.2) is 6.10 Å². The molecule has 1 fully saturated rings. The van der Waals surface area contributed by atoms with E-state index in [4.69, 9.17) is 4.74 Å². The fourth-order valence-electron chi connectivity index (χ4n) is 1.79. The monoisotopic (exact) mass is 220 g/mol. The smallest absolute Gasteiger partial charge is 0.149 e. The molecule has 0 aromatic heterocycles. The fourth-order valence-corrected chi connectivity index (χ4v) is 1.79. The summed E-state index contributed by atoms with van der Waals surface area (Å²) in [5.41, 5.74) is 2.25. The van der Waals surface area contributed by atoms with Gasteiger partial charge < -0.3 is 4.74 Å². The Balaban J connectivity index is 1.69. The molecule has 3 rings (SSSR count). The highest BCUT2D eigenvalue weighted by Gasteiger charge is 2.38. The van der Waals surface area contributed by atoms with Gasteiger partial charge in [-0.3, -0.25) is 0 Å². The van der Waals surface area contributed by atoms with Crippen molar-refractivity contribution in [3.63, 3.8) is 0 Å². The van der Waals surface area contributed by atoms with E-state index in [1.807, 2.05) is 48.5 Å². The van der Waals surface area contributed by atoms with Gasteiger partial charge in [-0.2, -0.15) is 0 Å². The molecule has 1 saturated heterocycles. The standard InChI is InChI=1S/C16H12O/c1-3-7-13(8-4-1)11-12-15-16(17-15)14-9-5-2-6-10-14/h1-10,15-16H/t15-,16-/m1/s1. The predicted octanol–water partition coefficient (Wildman–Crippen LogP) is 3.18. The first-order chi connectivity index (χ1) is 8.43. The Labute approximate surface area is 101 Å². The summed E-state index contributed by atoms with van der Waals surface area (Å²) in [6.07, 6.45) is 0.213. The van der Waals surface area contributed by atoms with Crippen LogP contribution in [0.3, 0.4) is 0 Å². The van der Waals surface area contributed by atoms with Gasteiger partial charge in [-0.05, 0) is 17.7 Å². The molecule has 0 bridgehead atoms. The second-order valence-electron chi connectivity index (χ2n) is 4.02. The third kappa shape index (κ3) is 2.38. The van der Waals surface area contributed by atoms with E-state index in [-0.39, 0.29) is 12.2 Å². The van der Waals surface area contributed by atoms with Gasteiger partial charge in [-0.25, -0.2) is 0 Å². The molecule has 2 atom stereocenters. The molecule has 0 spiro atoms. The molecule has 0 saturated carbocycles. The van der Waals surface area contributed by atoms with Crippen LogP contribution in [0.1, 0.15) is 17.2 Å². The lowest BCUT2D eigenvalue weighted by Gasteiger charge is -1.91. The maximum Gasteiger partial charge on any atom is 0.149 e. The van der Waals surface area contributed by atoms with Gasteiger partial charge in [-0.1, -0.05) is 60.4 Å². The van der Waals surface area contributed by atoms with E-state index in [1.54, 1.807) is 0 Å². The van der Waals surface area contributed by atoms with Crippen molar-refractivity contribution in [3.05, 3.63) is 71.8 Å². The number of ether oxygens (including phenoxy) is 1. The van der Waals surface area contributed by atoms with Crippen LogP contribution in [0, 0.1) is 11.8 Å². The molecule has 1 aliphatic heterocycles. The van der Waals surface area contributed by atoms with Gasteiger partial charge >= 0.3 is 0 Å². The Kier molecular flexibility index (Phi) is 2.65. The van der Waals surface area contributed by atoms with Gasteiger partial charge in [0, 0.05) is 5.56 Å². The van der Waals surface area contributed by atoms with E-state index >= 15 is 0 Å². The van der Waals surface area contributed by atoms with E-state index < -0.39 is 0 Å². The molecule has 1 nitrogen and oxygen atoms in total. The summed E-state index contributed by atoms with van der Waals surface area (Å²) in [6, 6.07) is 20.2. The minimum Gasteiger partial charge on any atom is -0.351 e. The van der Waals surface area contributed by atoms with Crippen LogP contribution in [0.4, 0.5) is 0 Å². The number of benzene rings is 2. The Morgan fingerprint density at radius 3 is 2.18 bits per heavy atom. The second kappa shape index (κ2) is 4.45. The highest BCUT2D eigenvalue weighted by Crippen LogP contribution is 2.37. The van der Waals surface area contributed by atoms with E-state index in [1.165, 1.54) is 5.56 Å². The first kappa shape index (κ1) is 10.1. The zero-order valence-electron chi connectivity index (χ0n) is 9.34. The summed E-state index contributed by atoms with van der Waals surface area (Å²) in [5.74, 6) is 6.28. The molecular weight excluding hydrogens is 208 g/mol. The van der Waals surface area contributed by atoms with Gasteiger partial charge in [0.1, 0.15) is 12.2 Å². The minimum absolute atomic E-state index is 0.0533. The van der Waals surface area contributed by atoms with Crippen LogP contribution in [0.15, 0.2) is 60.7 Å². The summed E-state index contributed by atoms with van der Waals surface area (Å²) < 4.78 is 5.55. The Morgan fingerprint density at radius 1 is 0.824 bits per heavy atom. The number of hydrogen-bond donors (Lipinski definition) is 0. The average Bonchev–Trinajstić information content (AvgIpc) is 3.18. The Hall–Kier alpha value is -2.04. The summed E-state index contributed by atoms with van der Waals surface area (Å²) in [7, 11) is 0. The summed E-state index contributed by atoms with van der Waals surface area (Å²) in [5, 5.41) is 0. The van der Waals surface area contributed by atoms with Gasteiger partial charge in [0.15, 0.2) is 0 Å². The first-order valence-corrected chi connectivity index (χ1v) is 5.70. The van der Waals surface area contributed by atoms with E-state index in [0.717, 1.165) is 5.56 Å². The van der Waals surface area contributed by atoms with Crippen molar-refractivity contribution in [2.24, 2.45) is 0 Å². The first-order valence-electron chi connectivity index (χ1n) is 5.70. The van der Waals surface area contributed by atoms with E-state index in [9.17, 15) is 0 Å². The maximum absolute atomic E-state index is 5.55. The van der Waals surface area contributed by atoms with Gasteiger partial charge in [0.05, 0.1) is 0 Å². The topological polar surface area (TPSA) is 12.5 Å². The van der Waals surface area contributed by atoms with Crippen molar-refractivity contribution in [2.75, 3.05) is 0 Å². The zero-order chi connectivity index (χ0) is 11.5. The van der Waals surface area contributed by atoms with Crippen LogP contribution in [0.25, 0.3) is 0 Å². The van der Waals surface area contributed by atoms with Crippen molar-refractivity contribution in [2.45, 2.75) is 12.2 Å². The highest BCUT2D eigenvalue weighted by atomic mass is 16.6. The quantitative estimate of drug-likeness (QED) is 0.531. The maximum atomic E-state index is 5.55. The average molecular weight is 220 g/mol. The third-order valence-corrected chi connectivity index (χ3v) is 2.75. The lowest BCUT2D eigenvalue weighted by atomic mass is 10.1. The molecule has 1 heterocycles. The molecule has 82 valence electrons. The van der Waals surface area contributed by atoms with Crippen molar-refractivity contribution >= 4 is 0 Å². The van der Waals surface area contributed by atoms with Crippen LogP contribution < -0.4 is 0 Å². The number of epoxide rings is 1. The summed E-state index contributed by atoms with van der Waals surface area (Å²) in [4.78, 5) is 0. The lowest BCUT2D eigenvalue weighted by Crippen LogP contribution is -1.84. The fraction of sp³-hybridized carbons (Fsp3) is 0.125. The zero-order valence-corrected chi connectivity index (χ0v) is 9.34. The minimum atomic E-state index is 0.0533. The Morgan fingerprint density at radius 2 is 1.47 bits per heavy atom. The molecule has 1 heteroatoms. The largest absolute Gasteiger partial charge is 0.351 e. The molecule has 1 aliphatic rings. The molecule has 17 heavy (non-hydrogen) atoms. The molecule has 0 N–H and O–H groups in total. The van der Waals surface area contributed by atoms with Crippen LogP contribution in [-0.2, 0) is 4.74 Å². The molecular formula is C16H12O. The van der Waals surface area contributed by atoms with Crippen LogP contribution >= 0.6 is 0 Å². The second-order valence-corrected chi connectivity index (χ2v) is 4.02. The third-order valence-electron chi connectivity index (χ3n) is 2.75. The molecule has 0 radical (unpaired) electrons. The van der Waals surface area contributed by atoms with Crippen molar-refractivity contribution in [3.8, 4) is 11.8 Å². The highest BCUT2D eigenvalue weighted by molar-refractivity contribution is 5.37. The summed E-state index contributed by atoms with van der Waals surface area (Å²) >= 11 is 0. The molecule has 0 amide bonds.